The second-order valence-corrected chi connectivity index (χ2v) is 11.0. The lowest BCUT2D eigenvalue weighted by Crippen LogP contribution is -2.49. The van der Waals surface area contributed by atoms with Crippen molar-refractivity contribution in [2.24, 2.45) is 5.92 Å². The summed E-state index contributed by atoms with van der Waals surface area (Å²) in [5.74, 6) is 1.68. The monoisotopic (exact) mass is 540 g/mol. The highest BCUT2D eigenvalue weighted by molar-refractivity contribution is 7.99. The van der Waals surface area contributed by atoms with Gasteiger partial charge >= 0.3 is 0 Å². The van der Waals surface area contributed by atoms with Crippen LogP contribution in [0.3, 0.4) is 0 Å². The molecule has 3 heterocycles. The summed E-state index contributed by atoms with van der Waals surface area (Å²) in [4.78, 5) is 42.6. The van der Waals surface area contributed by atoms with Gasteiger partial charge in [0.2, 0.25) is 11.8 Å². The van der Waals surface area contributed by atoms with Crippen LogP contribution in [0, 0.1) is 5.92 Å². The predicted octanol–water partition coefficient (Wildman–Crippen LogP) is 3.14. The minimum atomic E-state index is 0.0989. The van der Waals surface area contributed by atoms with Crippen LogP contribution >= 0.6 is 23.4 Å². The van der Waals surface area contributed by atoms with Crippen molar-refractivity contribution in [2.75, 3.05) is 69.6 Å². The summed E-state index contributed by atoms with van der Waals surface area (Å²) in [6, 6.07) is 12.0. The Morgan fingerprint density at radius 1 is 0.946 bits per heavy atom. The van der Waals surface area contributed by atoms with E-state index >= 15 is 0 Å². The molecular formula is C27H33ClN6O2S. The number of hydrogen-bond acceptors (Lipinski definition) is 7. The zero-order valence-corrected chi connectivity index (χ0v) is 22.5. The molecule has 5 rings (SSSR count). The number of nitrogens with zero attached hydrogens (tertiary/aromatic N) is 6. The van der Waals surface area contributed by atoms with Crippen LogP contribution in [0.5, 0.6) is 0 Å². The van der Waals surface area contributed by atoms with Crippen LogP contribution in [0.25, 0.3) is 6.08 Å². The molecule has 2 amide bonds. The highest BCUT2D eigenvalue weighted by atomic mass is 35.5. The fourth-order valence-electron chi connectivity index (χ4n) is 4.66. The number of rotatable bonds is 8. The maximum Gasteiger partial charge on any atom is 0.233 e. The minimum Gasteiger partial charge on any atom is -0.353 e. The molecule has 2 aliphatic heterocycles. The second kappa shape index (κ2) is 12.3. The van der Waals surface area contributed by atoms with Gasteiger partial charge in [0.25, 0.3) is 0 Å². The highest BCUT2D eigenvalue weighted by Crippen LogP contribution is 2.31. The average Bonchev–Trinajstić information content (AvgIpc) is 3.78. The molecule has 2 aromatic rings. The second-order valence-electron chi connectivity index (χ2n) is 9.70. The van der Waals surface area contributed by atoms with Crippen molar-refractivity contribution < 1.29 is 9.59 Å². The normalized spacial score (nSPS) is 19.0. The number of thioether (sulfide) groups is 1. The summed E-state index contributed by atoms with van der Waals surface area (Å²) >= 11 is 7.63. The van der Waals surface area contributed by atoms with Gasteiger partial charge < -0.3 is 14.7 Å². The van der Waals surface area contributed by atoms with Crippen LogP contribution in [0.15, 0.2) is 47.6 Å². The third-order valence-corrected chi connectivity index (χ3v) is 8.05. The Morgan fingerprint density at radius 3 is 2.35 bits per heavy atom. The van der Waals surface area contributed by atoms with Crippen molar-refractivity contribution in [3.8, 4) is 0 Å². The smallest absolute Gasteiger partial charge is 0.233 e. The van der Waals surface area contributed by atoms with E-state index in [1.807, 2.05) is 28.0 Å². The van der Waals surface area contributed by atoms with Crippen LogP contribution < -0.4 is 4.90 Å². The van der Waals surface area contributed by atoms with Crippen molar-refractivity contribution in [2.45, 2.75) is 18.0 Å². The number of hydrogen-bond donors (Lipinski definition) is 0. The van der Waals surface area contributed by atoms with E-state index < -0.39 is 0 Å². The standard InChI is InChI=1S/C27H33ClN6O2S/c28-23-19-24(32-15-17-34(18-16-32)26(36)22-8-9-22)30-27(29-23)37-20-25(35)33-13-11-31(12-14-33)10-4-7-21-5-2-1-3-6-21/h1-7,19,22H,8-18,20H2/b7-4+. The van der Waals surface area contributed by atoms with Crippen LogP contribution in [0.4, 0.5) is 5.82 Å². The molecule has 1 aromatic carbocycles. The van der Waals surface area contributed by atoms with E-state index in [1.165, 1.54) is 17.3 Å². The summed E-state index contributed by atoms with van der Waals surface area (Å²) in [6.07, 6.45) is 6.38. The fourth-order valence-corrected chi connectivity index (χ4v) is 5.64. The van der Waals surface area contributed by atoms with Crippen molar-refractivity contribution in [3.63, 3.8) is 0 Å². The first-order valence-corrected chi connectivity index (χ1v) is 14.3. The van der Waals surface area contributed by atoms with Gasteiger partial charge in [-0.15, -0.1) is 0 Å². The molecule has 0 N–H and O–H groups in total. The van der Waals surface area contributed by atoms with Crippen LogP contribution in [-0.2, 0) is 9.59 Å². The lowest BCUT2D eigenvalue weighted by atomic mass is 10.2. The Labute approximate surface area is 227 Å². The molecule has 8 nitrogen and oxygen atoms in total. The Bertz CT molecular complexity index is 1110. The van der Waals surface area contributed by atoms with E-state index in [-0.39, 0.29) is 17.6 Å². The molecule has 10 heteroatoms. The highest BCUT2D eigenvalue weighted by Gasteiger charge is 2.34. The number of carbonyl (C=O) groups excluding carboxylic acids is 2. The van der Waals surface area contributed by atoms with Gasteiger partial charge in [-0.1, -0.05) is 65.8 Å². The molecule has 196 valence electrons. The van der Waals surface area contributed by atoms with E-state index in [0.717, 1.165) is 64.5 Å². The van der Waals surface area contributed by atoms with Gasteiger partial charge in [-0.05, 0) is 18.4 Å². The summed E-state index contributed by atoms with van der Waals surface area (Å²) in [6.45, 7) is 6.91. The number of amides is 2. The van der Waals surface area contributed by atoms with E-state index in [9.17, 15) is 9.59 Å². The molecule has 2 saturated heterocycles. The van der Waals surface area contributed by atoms with E-state index in [0.29, 0.717) is 29.3 Å². The zero-order valence-electron chi connectivity index (χ0n) is 21.0. The summed E-state index contributed by atoms with van der Waals surface area (Å²) < 4.78 is 0. The Hall–Kier alpha value is -2.62. The third kappa shape index (κ3) is 7.24. The molecular weight excluding hydrogens is 508 g/mol. The quantitative estimate of drug-likeness (QED) is 0.289. The zero-order chi connectivity index (χ0) is 25.6. The van der Waals surface area contributed by atoms with Crippen LogP contribution in [0.1, 0.15) is 18.4 Å². The van der Waals surface area contributed by atoms with Crippen LogP contribution in [-0.4, -0.2) is 101 Å². The van der Waals surface area contributed by atoms with E-state index in [2.05, 4.69) is 44.1 Å². The topological polar surface area (TPSA) is 72.9 Å². The first-order valence-electron chi connectivity index (χ1n) is 13.0. The molecule has 3 fully saturated rings. The molecule has 3 aliphatic rings. The number of piperazine rings is 2. The summed E-state index contributed by atoms with van der Waals surface area (Å²) in [7, 11) is 0. The van der Waals surface area contributed by atoms with Gasteiger partial charge in [-0.2, -0.15) is 0 Å². The van der Waals surface area contributed by atoms with Gasteiger partial charge in [-0.3, -0.25) is 14.5 Å². The molecule has 0 atom stereocenters. The molecule has 1 aromatic heterocycles. The molecule has 0 radical (unpaired) electrons. The molecule has 0 spiro atoms. The molecule has 0 bridgehead atoms. The lowest BCUT2D eigenvalue weighted by molar-refractivity contribution is -0.133. The van der Waals surface area contributed by atoms with Gasteiger partial charge in [0.15, 0.2) is 5.16 Å². The number of carbonyl (C=O) groups is 2. The number of aromatic nitrogens is 2. The predicted molar refractivity (Wildman–Crippen MR) is 148 cm³/mol. The number of benzene rings is 1. The van der Waals surface area contributed by atoms with E-state index in [1.54, 1.807) is 6.07 Å². The first kappa shape index (κ1) is 26.0. The average molecular weight is 541 g/mol. The minimum absolute atomic E-state index is 0.0989. The molecule has 1 aliphatic carbocycles. The third-order valence-electron chi connectivity index (χ3n) is 7.03. The Morgan fingerprint density at radius 2 is 1.65 bits per heavy atom. The molecule has 0 unspecified atom stereocenters. The fraction of sp³-hybridized carbons (Fsp3) is 0.481. The maximum atomic E-state index is 12.8. The van der Waals surface area contributed by atoms with Gasteiger partial charge in [-0.25, -0.2) is 9.97 Å². The van der Waals surface area contributed by atoms with Crippen molar-refractivity contribution in [1.29, 1.82) is 0 Å². The first-order chi connectivity index (χ1) is 18.0. The summed E-state index contributed by atoms with van der Waals surface area (Å²) in [5, 5.41) is 0.880. The molecule has 37 heavy (non-hydrogen) atoms. The van der Waals surface area contributed by atoms with Crippen molar-refractivity contribution in [3.05, 3.63) is 53.2 Å². The van der Waals surface area contributed by atoms with E-state index in [4.69, 9.17) is 11.6 Å². The lowest BCUT2D eigenvalue weighted by Gasteiger charge is -2.35. The largest absolute Gasteiger partial charge is 0.353 e. The van der Waals surface area contributed by atoms with Gasteiger partial charge in [0, 0.05) is 70.9 Å². The maximum absolute atomic E-state index is 12.8. The molecule has 1 saturated carbocycles. The SMILES string of the molecule is O=C(CSc1nc(Cl)cc(N2CCN(C(=O)C3CC3)CC2)n1)N1CCN(C/C=C/c2ccccc2)CC1. The van der Waals surface area contributed by atoms with Gasteiger partial charge in [0.1, 0.15) is 11.0 Å². The number of halogens is 1. The van der Waals surface area contributed by atoms with Crippen LogP contribution in [0.2, 0.25) is 5.15 Å². The Balaban J connectivity index is 1.06. The van der Waals surface area contributed by atoms with Crippen molar-refractivity contribution >= 4 is 47.1 Å². The Kier molecular flexibility index (Phi) is 8.63. The van der Waals surface area contributed by atoms with Crippen molar-refractivity contribution in [1.82, 2.24) is 24.7 Å². The number of anilines is 1. The summed E-state index contributed by atoms with van der Waals surface area (Å²) in [5.41, 5.74) is 1.20. The van der Waals surface area contributed by atoms with Gasteiger partial charge in [0.05, 0.1) is 5.75 Å².